The Hall–Kier alpha value is -1.52. The molecule has 18 heavy (non-hydrogen) atoms. The number of rotatable bonds is 1. The average molecular weight is 248 g/mol. The van der Waals surface area contributed by atoms with Crippen LogP contribution in [0.5, 0.6) is 0 Å². The van der Waals surface area contributed by atoms with E-state index >= 15 is 0 Å². The lowest BCUT2D eigenvalue weighted by molar-refractivity contribution is -0.117. The van der Waals surface area contributed by atoms with Crippen molar-refractivity contribution in [3.63, 3.8) is 0 Å². The van der Waals surface area contributed by atoms with Gasteiger partial charge in [-0.15, -0.1) is 0 Å². The lowest BCUT2D eigenvalue weighted by Gasteiger charge is -2.35. The largest absolute Gasteiger partial charge is 0.343 e. The van der Waals surface area contributed by atoms with Gasteiger partial charge < -0.3 is 10.2 Å². The summed E-state index contributed by atoms with van der Waals surface area (Å²) in [5.74, 6) is 1.24. The summed E-state index contributed by atoms with van der Waals surface area (Å²) in [6.45, 7) is 3.04. The van der Waals surface area contributed by atoms with E-state index in [4.69, 9.17) is 0 Å². The molecule has 1 aromatic rings. The van der Waals surface area contributed by atoms with Crippen LogP contribution < -0.4 is 10.2 Å². The predicted octanol–water partition coefficient (Wildman–Crippen LogP) is 1.68. The van der Waals surface area contributed by atoms with Crippen LogP contribution in [0, 0.1) is 0 Å². The van der Waals surface area contributed by atoms with Gasteiger partial charge >= 0.3 is 0 Å². The second-order valence-electron chi connectivity index (χ2n) is 5.17. The first-order valence-electron chi connectivity index (χ1n) is 6.85. The van der Waals surface area contributed by atoms with Crippen LogP contribution in [0.4, 0.5) is 11.5 Å². The lowest BCUT2D eigenvalue weighted by atomic mass is 10.1. The monoisotopic (exact) mass is 248 g/mol. The first kappa shape index (κ1) is 11.6. The van der Waals surface area contributed by atoms with Crippen LogP contribution in [0.3, 0.4) is 0 Å². The number of aromatic nitrogens is 2. The summed E-state index contributed by atoms with van der Waals surface area (Å²) in [4.78, 5) is 14.5. The van der Waals surface area contributed by atoms with Gasteiger partial charge in [-0.25, -0.2) is 0 Å². The van der Waals surface area contributed by atoms with E-state index in [0.717, 1.165) is 49.4 Å². The maximum atomic E-state index is 12.2. The lowest BCUT2D eigenvalue weighted by Crippen LogP contribution is -2.48. The van der Waals surface area contributed by atoms with Gasteiger partial charge in [0, 0.05) is 13.6 Å². The van der Waals surface area contributed by atoms with Gasteiger partial charge in [0.1, 0.15) is 11.7 Å². The number of nitrogens with one attached hydrogen (secondary N) is 1. The first-order chi connectivity index (χ1) is 8.72. The quantitative estimate of drug-likeness (QED) is 0.822. The maximum Gasteiger partial charge on any atom is 0.247 e. The molecule has 1 aromatic heterocycles. The van der Waals surface area contributed by atoms with Crippen molar-refractivity contribution < 1.29 is 4.79 Å². The van der Waals surface area contributed by atoms with E-state index < -0.39 is 0 Å². The minimum Gasteiger partial charge on any atom is -0.343 e. The number of aryl methyl sites for hydroxylation is 2. The number of nitrogens with zero attached hydrogens (tertiary/aromatic N) is 3. The molecule has 1 saturated heterocycles. The number of anilines is 2. The molecular weight excluding hydrogens is 228 g/mol. The number of hydrogen-bond acceptors (Lipinski definition) is 3. The van der Waals surface area contributed by atoms with E-state index in [0.29, 0.717) is 0 Å². The number of carbonyl (C=O) groups excluding carboxylic acids is 1. The summed E-state index contributed by atoms with van der Waals surface area (Å²) in [5, 5.41) is 7.59. The van der Waals surface area contributed by atoms with Crippen molar-refractivity contribution in [1.82, 2.24) is 9.78 Å². The molecule has 3 heterocycles. The van der Waals surface area contributed by atoms with E-state index in [9.17, 15) is 4.79 Å². The van der Waals surface area contributed by atoms with E-state index in [1.165, 1.54) is 6.42 Å². The van der Waals surface area contributed by atoms with Crippen molar-refractivity contribution in [3.05, 3.63) is 5.69 Å². The highest BCUT2D eigenvalue weighted by Crippen LogP contribution is 2.37. The van der Waals surface area contributed by atoms with E-state index in [2.05, 4.69) is 22.2 Å². The third-order valence-electron chi connectivity index (χ3n) is 4.00. The zero-order valence-electron chi connectivity index (χ0n) is 11.1. The molecule has 1 amide bonds. The van der Waals surface area contributed by atoms with Gasteiger partial charge in [0.05, 0.1) is 5.69 Å². The summed E-state index contributed by atoms with van der Waals surface area (Å²) in [5.41, 5.74) is 1.92. The third-order valence-corrected chi connectivity index (χ3v) is 4.00. The number of carbonyl (C=O) groups is 1. The topological polar surface area (TPSA) is 50.2 Å². The molecule has 5 nitrogen and oxygen atoms in total. The van der Waals surface area contributed by atoms with Gasteiger partial charge in [-0.2, -0.15) is 5.10 Å². The molecule has 1 unspecified atom stereocenters. The van der Waals surface area contributed by atoms with Gasteiger partial charge in [-0.3, -0.25) is 9.48 Å². The van der Waals surface area contributed by atoms with Gasteiger partial charge in [-0.1, -0.05) is 19.8 Å². The summed E-state index contributed by atoms with van der Waals surface area (Å²) in [6.07, 6.45) is 5.33. The molecule has 2 aliphatic heterocycles. The molecule has 1 atom stereocenters. The standard InChI is InChI=1S/C13H20N4O/c1-3-9-11-13(16(2)15-9)17-8-6-4-5-7-10(17)12(18)14-11/h10H,3-8H2,1-2H3,(H,14,18). The highest BCUT2D eigenvalue weighted by Gasteiger charge is 2.37. The minimum atomic E-state index is 0.0000983. The summed E-state index contributed by atoms with van der Waals surface area (Å²) >= 11 is 0. The summed E-state index contributed by atoms with van der Waals surface area (Å²) in [7, 11) is 1.97. The third kappa shape index (κ3) is 1.61. The summed E-state index contributed by atoms with van der Waals surface area (Å²) < 4.78 is 1.92. The highest BCUT2D eigenvalue weighted by atomic mass is 16.2. The minimum absolute atomic E-state index is 0.0000983. The van der Waals surface area contributed by atoms with Crippen molar-refractivity contribution in [2.24, 2.45) is 7.05 Å². The van der Waals surface area contributed by atoms with Crippen LogP contribution in [-0.4, -0.2) is 28.3 Å². The molecule has 0 spiro atoms. The van der Waals surface area contributed by atoms with Crippen LogP contribution in [0.25, 0.3) is 0 Å². The Balaban J connectivity index is 2.08. The van der Waals surface area contributed by atoms with E-state index in [-0.39, 0.29) is 11.9 Å². The van der Waals surface area contributed by atoms with Crippen LogP contribution in [0.2, 0.25) is 0 Å². The molecule has 0 bridgehead atoms. The van der Waals surface area contributed by atoms with Crippen LogP contribution in [0.15, 0.2) is 0 Å². The normalized spacial score (nSPS) is 23.1. The SMILES string of the molecule is CCc1nn(C)c2c1NC(=O)C1CCCCCN21. The van der Waals surface area contributed by atoms with Gasteiger partial charge in [0.25, 0.3) is 0 Å². The second kappa shape index (κ2) is 4.30. The molecule has 1 fully saturated rings. The highest BCUT2D eigenvalue weighted by molar-refractivity contribution is 6.03. The molecule has 3 rings (SSSR count). The maximum absolute atomic E-state index is 12.2. The predicted molar refractivity (Wildman–Crippen MR) is 70.8 cm³/mol. The molecule has 0 saturated carbocycles. The molecular formula is C13H20N4O. The number of fused-ring (bicyclic) bond motifs is 3. The van der Waals surface area contributed by atoms with Crippen LogP contribution in [0.1, 0.15) is 38.3 Å². The van der Waals surface area contributed by atoms with Crippen LogP contribution >= 0.6 is 0 Å². The Bertz CT molecular complexity index is 480. The Morgan fingerprint density at radius 2 is 2.22 bits per heavy atom. The Morgan fingerprint density at radius 1 is 1.39 bits per heavy atom. The van der Waals surface area contributed by atoms with Crippen LogP contribution in [-0.2, 0) is 18.3 Å². The van der Waals surface area contributed by atoms with Crippen molar-refractivity contribution in [1.29, 1.82) is 0 Å². The number of hydrogen-bond donors (Lipinski definition) is 1. The van der Waals surface area contributed by atoms with Gasteiger partial charge in [0.2, 0.25) is 5.91 Å². The first-order valence-corrected chi connectivity index (χ1v) is 6.85. The van der Waals surface area contributed by atoms with Gasteiger partial charge in [-0.05, 0) is 19.3 Å². The zero-order valence-corrected chi connectivity index (χ0v) is 11.1. The molecule has 0 aliphatic carbocycles. The van der Waals surface area contributed by atoms with Crippen molar-refractivity contribution >= 4 is 17.4 Å². The Morgan fingerprint density at radius 3 is 3.00 bits per heavy atom. The zero-order chi connectivity index (χ0) is 12.7. The fourth-order valence-electron chi connectivity index (χ4n) is 3.12. The molecule has 0 radical (unpaired) electrons. The molecule has 1 N–H and O–H groups in total. The van der Waals surface area contributed by atoms with Gasteiger partial charge in [0.15, 0.2) is 5.82 Å². The fourth-order valence-corrected chi connectivity index (χ4v) is 3.12. The Labute approximate surface area is 107 Å². The van der Waals surface area contributed by atoms with E-state index in [1.807, 2.05) is 11.7 Å². The van der Waals surface area contributed by atoms with Crippen molar-refractivity contribution in [3.8, 4) is 0 Å². The van der Waals surface area contributed by atoms with Crippen molar-refractivity contribution in [2.75, 3.05) is 16.8 Å². The smallest absolute Gasteiger partial charge is 0.247 e. The molecule has 2 aliphatic rings. The van der Waals surface area contributed by atoms with E-state index in [1.54, 1.807) is 0 Å². The average Bonchev–Trinajstić information content (AvgIpc) is 2.55. The Kier molecular flexibility index (Phi) is 2.76. The van der Waals surface area contributed by atoms with Crippen molar-refractivity contribution in [2.45, 2.75) is 45.1 Å². The summed E-state index contributed by atoms with van der Waals surface area (Å²) in [6, 6.07) is 0.0000983. The molecule has 98 valence electrons. The fraction of sp³-hybridized carbons (Fsp3) is 0.692. The second-order valence-corrected chi connectivity index (χ2v) is 5.17. The number of amides is 1. The molecule has 0 aromatic carbocycles. The molecule has 5 heteroatoms.